The van der Waals surface area contributed by atoms with Crippen molar-refractivity contribution in [2.75, 3.05) is 7.11 Å². The molecule has 0 heterocycles. The number of methoxy groups -OCH3 is 1. The van der Waals surface area contributed by atoms with Gasteiger partial charge in [0.2, 0.25) is 0 Å². The Morgan fingerprint density at radius 3 is 2.26 bits per heavy atom. The minimum Gasteiger partial charge on any atom is -0.493 e. The Balaban J connectivity index is 2.07. The topological polar surface area (TPSA) is 35.5 Å². The number of esters is 1. The second-order valence-electron chi connectivity index (χ2n) is 7.93. The van der Waals surface area contributed by atoms with Crippen LogP contribution in [0, 0.1) is 0 Å². The van der Waals surface area contributed by atoms with Crippen LogP contribution in [0.15, 0.2) is 55.2 Å². The van der Waals surface area contributed by atoms with E-state index in [1.807, 2.05) is 18.2 Å². The van der Waals surface area contributed by atoms with Gasteiger partial charge in [-0.3, -0.25) is 4.79 Å². The summed E-state index contributed by atoms with van der Waals surface area (Å²) in [5.41, 5.74) is 1.08. The maximum absolute atomic E-state index is 12.1. The Labute approximate surface area is 190 Å². The van der Waals surface area contributed by atoms with Gasteiger partial charge in [-0.1, -0.05) is 75.5 Å². The lowest BCUT2D eigenvalue weighted by molar-refractivity contribution is -0.134. The first kappa shape index (κ1) is 26.7. The summed E-state index contributed by atoms with van der Waals surface area (Å²) in [4.78, 5) is 12.1. The van der Waals surface area contributed by atoms with E-state index in [1.165, 1.54) is 38.5 Å². The number of rotatable bonds is 18. The van der Waals surface area contributed by atoms with E-state index in [9.17, 15) is 4.79 Å². The molecule has 3 nitrogen and oxygen atoms in total. The van der Waals surface area contributed by atoms with E-state index in [-0.39, 0.29) is 5.97 Å². The molecule has 0 fully saturated rings. The van der Waals surface area contributed by atoms with Crippen LogP contribution in [0.25, 0.3) is 0 Å². The SMILES string of the molecule is C=CCc1ccc(OC(=O)CCCCCCC/C=C\C/C=C\CCCCC)c(OC)c1. The smallest absolute Gasteiger partial charge is 0.311 e. The molecule has 0 aliphatic carbocycles. The quantitative estimate of drug-likeness (QED) is 0.103. The van der Waals surface area contributed by atoms with Crippen LogP contribution in [0.5, 0.6) is 11.5 Å². The third-order valence-electron chi connectivity index (χ3n) is 5.16. The van der Waals surface area contributed by atoms with Gasteiger partial charge >= 0.3 is 5.97 Å². The van der Waals surface area contributed by atoms with Crippen molar-refractivity contribution < 1.29 is 14.3 Å². The summed E-state index contributed by atoms with van der Waals surface area (Å²) in [5, 5.41) is 0. The lowest BCUT2D eigenvalue weighted by Gasteiger charge is -2.10. The zero-order valence-electron chi connectivity index (χ0n) is 19.7. The van der Waals surface area contributed by atoms with Crippen molar-refractivity contribution in [2.24, 2.45) is 0 Å². The second-order valence-corrected chi connectivity index (χ2v) is 7.93. The summed E-state index contributed by atoms with van der Waals surface area (Å²) >= 11 is 0. The maximum Gasteiger partial charge on any atom is 0.311 e. The van der Waals surface area contributed by atoms with E-state index < -0.39 is 0 Å². The number of carbonyl (C=O) groups excluding carboxylic acids is 1. The molecule has 0 saturated carbocycles. The molecule has 0 radical (unpaired) electrons. The summed E-state index contributed by atoms with van der Waals surface area (Å²) in [6.07, 6.45) is 25.1. The van der Waals surface area contributed by atoms with E-state index in [0.717, 1.165) is 44.1 Å². The number of ether oxygens (including phenoxy) is 2. The summed E-state index contributed by atoms with van der Waals surface area (Å²) in [6.45, 7) is 5.98. The van der Waals surface area contributed by atoms with Crippen molar-refractivity contribution in [3.8, 4) is 11.5 Å². The zero-order valence-corrected chi connectivity index (χ0v) is 19.7. The molecule has 0 aromatic heterocycles. The average Bonchev–Trinajstić information content (AvgIpc) is 2.77. The summed E-state index contributed by atoms with van der Waals surface area (Å²) in [5.74, 6) is 0.885. The van der Waals surface area contributed by atoms with Gasteiger partial charge < -0.3 is 9.47 Å². The number of hydrogen-bond acceptors (Lipinski definition) is 3. The van der Waals surface area contributed by atoms with Crippen LogP contribution < -0.4 is 9.47 Å². The van der Waals surface area contributed by atoms with Gasteiger partial charge in [0.1, 0.15) is 0 Å². The summed E-state index contributed by atoms with van der Waals surface area (Å²) in [6, 6.07) is 5.62. The lowest BCUT2D eigenvalue weighted by atomic mass is 10.1. The molecule has 1 rings (SSSR count). The molecule has 0 saturated heterocycles. The fraction of sp³-hybridized carbons (Fsp3) is 0.536. The van der Waals surface area contributed by atoms with Crippen molar-refractivity contribution in [2.45, 2.75) is 90.4 Å². The average molecular weight is 427 g/mol. The lowest BCUT2D eigenvalue weighted by Crippen LogP contribution is -2.08. The highest BCUT2D eigenvalue weighted by Crippen LogP contribution is 2.29. The molecule has 3 heteroatoms. The van der Waals surface area contributed by atoms with E-state index in [2.05, 4.69) is 37.8 Å². The molecule has 0 spiro atoms. The molecule has 0 aliphatic rings. The van der Waals surface area contributed by atoms with E-state index in [4.69, 9.17) is 9.47 Å². The van der Waals surface area contributed by atoms with Crippen molar-refractivity contribution in [3.05, 3.63) is 60.7 Å². The number of hydrogen-bond donors (Lipinski definition) is 0. The number of unbranched alkanes of at least 4 members (excludes halogenated alkanes) is 8. The number of carbonyl (C=O) groups is 1. The van der Waals surface area contributed by atoms with E-state index in [1.54, 1.807) is 13.2 Å². The van der Waals surface area contributed by atoms with Crippen LogP contribution in [0.4, 0.5) is 0 Å². The Bertz CT molecular complexity index is 673. The van der Waals surface area contributed by atoms with Crippen molar-refractivity contribution in [1.82, 2.24) is 0 Å². The summed E-state index contributed by atoms with van der Waals surface area (Å²) < 4.78 is 10.8. The molecule has 0 atom stereocenters. The number of benzene rings is 1. The van der Waals surface area contributed by atoms with Gasteiger partial charge in [-0.2, -0.15) is 0 Å². The highest BCUT2D eigenvalue weighted by molar-refractivity contribution is 5.73. The Hall–Kier alpha value is -2.29. The third kappa shape index (κ3) is 13.6. The predicted molar refractivity (Wildman–Crippen MR) is 132 cm³/mol. The van der Waals surface area contributed by atoms with Crippen LogP contribution in [0.1, 0.15) is 89.5 Å². The highest BCUT2D eigenvalue weighted by Gasteiger charge is 2.10. The highest BCUT2D eigenvalue weighted by atomic mass is 16.6. The molecule has 0 unspecified atom stereocenters. The summed E-state index contributed by atoms with van der Waals surface area (Å²) in [7, 11) is 1.59. The molecule has 0 bridgehead atoms. The molecule has 0 amide bonds. The van der Waals surface area contributed by atoms with Gasteiger partial charge in [-0.25, -0.2) is 0 Å². The molecule has 1 aromatic rings. The van der Waals surface area contributed by atoms with Crippen LogP contribution in [0.3, 0.4) is 0 Å². The van der Waals surface area contributed by atoms with Gasteiger partial charge in [-0.15, -0.1) is 6.58 Å². The minimum absolute atomic E-state index is 0.194. The molecule has 0 N–H and O–H groups in total. The van der Waals surface area contributed by atoms with Crippen LogP contribution in [-0.2, 0) is 11.2 Å². The van der Waals surface area contributed by atoms with E-state index in [0.29, 0.717) is 17.9 Å². The fourth-order valence-electron chi connectivity index (χ4n) is 3.34. The monoisotopic (exact) mass is 426 g/mol. The normalized spacial score (nSPS) is 11.3. The standard InChI is InChI=1S/C28H42O3/c1-4-6-7-8-9-10-11-12-13-14-15-16-17-18-19-21-28(29)31-26-23-22-25(20-5-2)24-27(26)30-3/h5,9-10,12-13,22-24H,2,4,6-8,11,14-21H2,1,3H3/b10-9-,13-12-. The molecule has 1 aromatic carbocycles. The van der Waals surface area contributed by atoms with Gasteiger partial charge in [-0.05, 0) is 62.6 Å². The van der Waals surface area contributed by atoms with Gasteiger partial charge in [0.05, 0.1) is 7.11 Å². The second kappa shape index (κ2) is 18.5. The van der Waals surface area contributed by atoms with Crippen LogP contribution in [-0.4, -0.2) is 13.1 Å². The van der Waals surface area contributed by atoms with Crippen LogP contribution >= 0.6 is 0 Å². The molecular weight excluding hydrogens is 384 g/mol. The van der Waals surface area contributed by atoms with Crippen molar-refractivity contribution in [1.29, 1.82) is 0 Å². The molecule has 31 heavy (non-hydrogen) atoms. The largest absolute Gasteiger partial charge is 0.493 e. The third-order valence-corrected chi connectivity index (χ3v) is 5.16. The first-order chi connectivity index (χ1) is 15.2. The Morgan fingerprint density at radius 1 is 0.903 bits per heavy atom. The zero-order chi connectivity index (χ0) is 22.6. The Morgan fingerprint density at radius 2 is 1.58 bits per heavy atom. The van der Waals surface area contributed by atoms with Gasteiger partial charge in [0.15, 0.2) is 11.5 Å². The van der Waals surface area contributed by atoms with Crippen molar-refractivity contribution >= 4 is 5.97 Å². The van der Waals surface area contributed by atoms with Gasteiger partial charge in [0, 0.05) is 6.42 Å². The first-order valence-corrected chi connectivity index (χ1v) is 12.0. The Kier molecular flexibility index (Phi) is 15.9. The molecule has 172 valence electrons. The van der Waals surface area contributed by atoms with E-state index >= 15 is 0 Å². The minimum atomic E-state index is -0.194. The predicted octanol–water partition coefficient (Wildman–Crippen LogP) is 8.14. The van der Waals surface area contributed by atoms with Crippen molar-refractivity contribution in [3.63, 3.8) is 0 Å². The first-order valence-electron chi connectivity index (χ1n) is 12.0. The van der Waals surface area contributed by atoms with Crippen LogP contribution in [0.2, 0.25) is 0 Å². The number of allylic oxidation sites excluding steroid dienone is 5. The fourth-order valence-corrected chi connectivity index (χ4v) is 3.34. The maximum atomic E-state index is 12.1. The van der Waals surface area contributed by atoms with Gasteiger partial charge in [0.25, 0.3) is 0 Å². The molecular formula is C28H42O3. The molecule has 0 aliphatic heterocycles.